The molecular formula is C8H7Br2F2NO. The number of aromatic nitrogens is 1. The SMILES string of the molecule is OCc1cnc(CBr)c(C(F)F)c1Br. The maximum absolute atomic E-state index is 12.6. The number of aliphatic hydroxyl groups excluding tert-OH is 1. The molecule has 0 saturated carbocycles. The van der Waals surface area contributed by atoms with E-state index < -0.39 is 6.43 Å². The van der Waals surface area contributed by atoms with Gasteiger partial charge in [0.05, 0.1) is 17.9 Å². The van der Waals surface area contributed by atoms with Gasteiger partial charge in [0.15, 0.2) is 0 Å². The second-order valence-electron chi connectivity index (χ2n) is 2.55. The summed E-state index contributed by atoms with van der Waals surface area (Å²) in [5.74, 6) is 0. The third-order valence-corrected chi connectivity index (χ3v) is 3.19. The van der Waals surface area contributed by atoms with Crippen molar-refractivity contribution in [3.8, 4) is 0 Å². The van der Waals surface area contributed by atoms with Crippen LogP contribution in [0.5, 0.6) is 0 Å². The number of hydrogen-bond donors (Lipinski definition) is 1. The Bertz CT molecular complexity index is 333. The molecular weight excluding hydrogens is 324 g/mol. The minimum absolute atomic E-state index is 0.159. The summed E-state index contributed by atoms with van der Waals surface area (Å²) in [6, 6.07) is 0. The summed E-state index contributed by atoms with van der Waals surface area (Å²) in [6.45, 7) is -0.310. The Balaban J connectivity index is 3.31. The maximum Gasteiger partial charge on any atom is 0.266 e. The average Bonchev–Trinajstić information content (AvgIpc) is 2.16. The van der Waals surface area contributed by atoms with Crippen LogP contribution in [0, 0.1) is 0 Å². The second kappa shape index (κ2) is 5.14. The lowest BCUT2D eigenvalue weighted by Crippen LogP contribution is -2.01. The molecule has 0 aliphatic heterocycles. The van der Waals surface area contributed by atoms with Gasteiger partial charge in [-0.25, -0.2) is 8.78 Å². The van der Waals surface area contributed by atoms with E-state index in [4.69, 9.17) is 5.11 Å². The molecule has 0 unspecified atom stereocenters. The van der Waals surface area contributed by atoms with Crippen LogP contribution >= 0.6 is 31.9 Å². The van der Waals surface area contributed by atoms with E-state index in [1.165, 1.54) is 6.20 Å². The predicted molar refractivity (Wildman–Crippen MR) is 55.4 cm³/mol. The molecule has 0 radical (unpaired) electrons. The largest absolute Gasteiger partial charge is 0.392 e. The van der Waals surface area contributed by atoms with Crippen LogP contribution in [-0.4, -0.2) is 10.1 Å². The normalized spacial score (nSPS) is 11.0. The van der Waals surface area contributed by atoms with E-state index in [9.17, 15) is 8.78 Å². The Morgan fingerprint density at radius 3 is 2.57 bits per heavy atom. The van der Waals surface area contributed by atoms with Crippen molar-refractivity contribution in [1.82, 2.24) is 4.98 Å². The molecule has 1 aromatic rings. The fourth-order valence-electron chi connectivity index (χ4n) is 1.02. The minimum Gasteiger partial charge on any atom is -0.392 e. The Kier molecular flexibility index (Phi) is 4.40. The summed E-state index contributed by atoms with van der Waals surface area (Å²) >= 11 is 6.11. The predicted octanol–water partition coefficient (Wildman–Crippen LogP) is 3.17. The molecule has 1 N–H and O–H groups in total. The van der Waals surface area contributed by atoms with Crippen molar-refractivity contribution < 1.29 is 13.9 Å². The van der Waals surface area contributed by atoms with E-state index in [1.54, 1.807) is 0 Å². The van der Waals surface area contributed by atoms with E-state index in [1.807, 2.05) is 0 Å². The molecule has 0 amide bonds. The summed E-state index contributed by atoms with van der Waals surface area (Å²) in [5.41, 5.74) is 0.488. The molecule has 1 aromatic heterocycles. The smallest absolute Gasteiger partial charge is 0.266 e. The van der Waals surface area contributed by atoms with Crippen LogP contribution in [0.1, 0.15) is 23.2 Å². The monoisotopic (exact) mass is 329 g/mol. The number of pyridine rings is 1. The van der Waals surface area contributed by atoms with Gasteiger partial charge in [-0.2, -0.15) is 0 Å². The number of hydrogen-bond acceptors (Lipinski definition) is 2. The number of rotatable bonds is 3. The topological polar surface area (TPSA) is 33.1 Å². The number of halogens is 4. The van der Waals surface area contributed by atoms with E-state index >= 15 is 0 Å². The van der Waals surface area contributed by atoms with Crippen molar-refractivity contribution in [1.29, 1.82) is 0 Å². The van der Waals surface area contributed by atoms with Crippen molar-refractivity contribution in [2.45, 2.75) is 18.4 Å². The number of alkyl halides is 3. The van der Waals surface area contributed by atoms with Gasteiger partial charge in [0.1, 0.15) is 0 Å². The maximum atomic E-state index is 12.6. The molecule has 2 nitrogen and oxygen atoms in total. The fraction of sp³-hybridized carbons (Fsp3) is 0.375. The molecule has 0 aromatic carbocycles. The fourth-order valence-corrected chi connectivity index (χ4v) is 2.10. The van der Waals surface area contributed by atoms with Crippen molar-refractivity contribution in [2.24, 2.45) is 0 Å². The highest BCUT2D eigenvalue weighted by Crippen LogP contribution is 2.32. The minimum atomic E-state index is -2.60. The molecule has 0 aliphatic rings. The quantitative estimate of drug-likeness (QED) is 0.863. The van der Waals surface area contributed by atoms with Crippen LogP contribution in [0.4, 0.5) is 8.78 Å². The van der Waals surface area contributed by atoms with Gasteiger partial charge in [-0.1, -0.05) is 15.9 Å². The molecule has 0 bridgehead atoms. The highest BCUT2D eigenvalue weighted by atomic mass is 79.9. The van der Waals surface area contributed by atoms with Gasteiger partial charge in [0.2, 0.25) is 0 Å². The number of aliphatic hydroxyl groups is 1. The molecule has 1 rings (SSSR count). The van der Waals surface area contributed by atoms with Crippen LogP contribution in [0.3, 0.4) is 0 Å². The van der Waals surface area contributed by atoms with Gasteiger partial charge in [0.25, 0.3) is 6.43 Å². The zero-order chi connectivity index (χ0) is 10.7. The zero-order valence-electron chi connectivity index (χ0n) is 6.98. The molecule has 0 spiro atoms. The van der Waals surface area contributed by atoms with Gasteiger partial charge in [-0.15, -0.1) is 0 Å². The van der Waals surface area contributed by atoms with Crippen LogP contribution in [0.15, 0.2) is 10.7 Å². The highest BCUT2D eigenvalue weighted by Gasteiger charge is 2.19. The van der Waals surface area contributed by atoms with E-state index in [0.29, 0.717) is 5.56 Å². The summed E-state index contributed by atoms with van der Waals surface area (Å²) in [4.78, 5) is 3.83. The first-order chi connectivity index (χ1) is 6.61. The summed E-state index contributed by atoms with van der Waals surface area (Å²) < 4.78 is 25.5. The molecule has 6 heteroatoms. The first-order valence-corrected chi connectivity index (χ1v) is 5.64. The van der Waals surface area contributed by atoms with Gasteiger partial charge < -0.3 is 5.11 Å². The standard InChI is InChI=1S/C8H7Br2F2NO/c9-1-5-6(8(11)12)7(10)4(3-14)2-13-5/h2,8,14H,1,3H2. The highest BCUT2D eigenvalue weighted by molar-refractivity contribution is 9.10. The van der Waals surface area contributed by atoms with Gasteiger partial charge in [-0.05, 0) is 15.9 Å². The lowest BCUT2D eigenvalue weighted by Gasteiger charge is -2.10. The Labute approximate surface area is 96.6 Å². The Morgan fingerprint density at radius 1 is 1.50 bits per heavy atom. The molecule has 78 valence electrons. The van der Waals surface area contributed by atoms with Gasteiger partial charge >= 0.3 is 0 Å². The van der Waals surface area contributed by atoms with Crippen LogP contribution in [0.25, 0.3) is 0 Å². The van der Waals surface area contributed by atoms with Crippen LogP contribution in [0.2, 0.25) is 0 Å². The van der Waals surface area contributed by atoms with Gasteiger partial charge in [0, 0.05) is 21.6 Å². The average molecular weight is 331 g/mol. The first kappa shape index (κ1) is 12.0. The second-order valence-corrected chi connectivity index (χ2v) is 3.90. The van der Waals surface area contributed by atoms with Crippen LogP contribution < -0.4 is 0 Å². The Hall–Kier alpha value is -0.0700. The van der Waals surface area contributed by atoms with E-state index in [2.05, 4.69) is 36.8 Å². The van der Waals surface area contributed by atoms with Gasteiger partial charge in [-0.3, -0.25) is 4.98 Å². The molecule has 0 saturated heterocycles. The molecule has 0 fully saturated rings. The summed E-state index contributed by atoms with van der Waals surface area (Å²) in [5, 5.41) is 9.12. The summed E-state index contributed by atoms with van der Waals surface area (Å²) in [6.07, 6.45) is -1.22. The molecule has 14 heavy (non-hydrogen) atoms. The lowest BCUT2D eigenvalue weighted by molar-refractivity contribution is 0.148. The molecule has 1 heterocycles. The van der Waals surface area contributed by atoms with E-state index in [-0.39, 0.29) is 27.7 Å². The van der Waals surface area contributed by atoms with Crippen molar-refractivity contribution >= 4 is 31.9 Å². The van der Waals surface area contributed by atoms with Crippen molar-refractivity contribution in [2.75, 3.05) is 0 Å². The zero-order valence-corrected chi connectivity index (χ0v) is 10.1. The third-order valence-electron chi connectivity index (χ3n) is 1.72. The Morgan fingerprint density at radius 2 is 2.14 bits per heavy atom. The number of nitrogens with zero attached hydrogens (tertiary/aromatic N) is 1. The van der Waals surface area contributed by atoms with E-state index in [0.717, 1.165) is 0 Å². The lowest BCUT2D eigenvalue weighted by atomic mass is 10.1. The van der Waals surface area contributed by atoms with Crippen LogP contribution in [-0.2, 0) is 11.9 Å². The van der Waals surface area contributed by atoms with Crippen molar-refractivity contribution in [3.05, 3.63) is 27.5 Å². The first-order valence-electron chi connectivity index (χ1n) is 3.73. The van der Waals surface area contributed by atoms with Crippen molar-refractivity contribution in [3.63, 3.8) is 0 Å². The third kappa shape index (κ3) is 2.29. The summed E-state index contributed by atoms with van der Waals surface area (Å²) in [7, 11) is 0. The molecule has 0 aliphatic carbocycles. The molecule has 0 atom stereocenters.